The minimum Gasteiger partial charge on any atom is -0.361 e. The van der Waals surface area contributed by atoms with Gasteiger partial charge in [0, 0.05) is 55.8 Å². The number of hydrogen-bond acceptors (Lipinski definition) is 8. The molecule has 9 nitrogen and oxygen atoms in total. The standard InChI is InChI=1S/C27H29F3N4O5S2/c28-27(29,30)19-15-21-23(35)17-24(40-25(21)22(16-19)34(36)37)33-13-11-32(12-14-33)18-26(9-5-2-6-10-26)31-41(38,39)20-7-3-1-4-8-20/h1,3-4,7-8,15-17,31H,2,5-6,9-14,18H2. The highest BCUT2D eigenvalue weighted by Crippen LogP contribution is 2.39. The van der Waals surface area contributed by atoms with Gasteiger partial charge >= 0.3 is 6.18 Å². The molecule has 2 fully saturated rings. The van der Waals surface area contributed by atoms with E-state index in [2.05, 4.69) is 9.62 Å². The number of anilines is 1. The quantitative estimate of drug-likeness (QED) is 0.296. The van der Waals surface area contributed by atoms with E-state index in [1.54, 1.807) is 30.3 Å². The smallest absolute Gasteiger partial charge is 0.361 e. The third-order valence-corrected chi connectivity index (χ3v) is 10.6. The van der Waals surface area contributed by atoms with E-state index >= 15 is 0 Å². The SMILES string of the molecule is O=c1cc(N2CCN(CC3(NS(=O)(=O)c4ccccc4)CCCCC3)CC2)sc2c([N+](=O)[O-])cc(C(F)(F)F)cc12. The summed E-state index contributed by atoms with van der Waals surface area (Å²) in [6, 6.07) is 10.7. The number of nitrogens with zero attached hydrogens (tertiary/aromatic N) is 3. The maximum absolute atomic E-state index is 13.3. The zero-order valence-electron chi connectivity index (χ0n) is 22.0. The van der Waals surface area contributed by atoms with E-state index in [-0.39, 0.29) is 15.0 Å². The van der Waals surface area contributed by atoms with Crippen molar-refractivity contribution < 1.29 is 26.5 Å². The van der Waals surface area contributed by atoms with Crippen LogP contribution >= 0.6 is 11.3 Å². The lowest BCUT2D eigenvalue weighted by atomic mass is 9.82. The molecular weight excluding hydrogens is 581 g/mol. The highest BCUT2D eigenvalue weighted by molar-refractivity contribution is 7.89. The molecule has 0 unspecified atom stereocenters. The number of nitro benzene ring substituents is 1. The van der Waals surface area contributed by atoms with E-state index in [9.17, 15) is 36.5 Å². The predicted molar refractivity (Wildman–Crippen MR) is 151 cm³/mol. The zero-order chi connectivity index (χ0) is 29.4. The number of fused-ring (bicyclic) bond motifs is 1. The Kier molecular flexibility index (Phi) is 8.12. The van der Waals surface area contributed by atoms with E-state index in [0.29, 0.717) is 49.9 Å². The average molecular weight is 611 g/mol. The number of nitro groups is 1. The lowest BCUT2D eigenvalue weighted by molar-refractivity contribution is -0.383. The first-order chi connectivity index (χ1) is 19.4. The monoisotopic (exact) mass is 610 g/mol. The van der Waals surface area contributed by atoms with Crippen LogP contribution in [-0.4, -0.2) is 56.5 Å². The molecule has 2 aliphatic rings. The minimum absolute atomic E-state index is 0.0931. The molecule has 0 radical (unpaired) electrons. The van der Waals surface area contributed by atoms with Crippen LogP contribution in [0.5, 0.6) is 0 Å². The van der Waals surface area contributed by atoms with Crippen LogP contribution in [0.4, 0.5) is 23.9 Å². The summed E-state index contributed by atoms with van der Waals surface area (Å²) >= 11 is 0.930. The van der Waals surface area contributed by atoms with Crippen molar-refractivity contribution >= 4 is 42.1 Å². The molecule has 220 valence electrons. The summed E-state index contributed by atoms with van der Waals surface area (Å²) in [5.41, 5.74) is -3.30. The van der Waals surface area contributed by atoms with E-state index in [1.165, 1.54) is 6.07 Å². The van der Waals surface area contributed by atoms with Gasteiger partial charge in [-0.05, 0) is 31.0 Å². The van der Waals surface area contributed by atoms with Crippen LogP contribution in [0.15, 0.2) is 58.2 Å². The number of rotatable bonds is 7. The minimum atomic E-state index is -4.82. The first-order valence-electron chi connectivity index (χ1n) is 13.3. The van der Waals surface area contributed by atoms with Gasteiger partial charge in [0.05, 0.1) is 20.4 Å². The van der Waals surface area contributed by atoms with Crippen molar-refractivity contribution in [3.8, 4) is 0 Å². The summed E-state index contributed by atoms with van der Waals surface area (Å²) in [5.74, 6) is 0. The third-order valence-electron chi connectivity index (χ3n) is 7.75. The number of nitrogens with one attached hydrogen (secondary N) is 1. The number of benzene rings is 2. The molecule has 1 aliphatic carbocycles. The number of halogens is 3. The van der Waals surface area contributed by atoms with Crippen LogP contribution < -0.4 is 15.1 Å². The fraction of sp³-hybridized carbons (Fsp3) is 0.444. The number of piperazine rings is 1. The molecule has 3 aromatic rings. The van der Waals surface area contributed by atoms with Crippen molar-refractivity contribution in [2.24, 2.45) is 0 Å². The van der Waals surface area contributed by atoms with Gasteiger partial charge in [-0.3, -0.25) is 19.8 Å². The Morgan fingerprint density at radius 1 is 1.00 bits per heavy atom. The molecule has 41 heavy (non-hydrogen) atoms. The summed E-state index contributed by atoms with van der Waals surface area (Å²) < 4.78 is 69.2. The maximum Gasteiger partial charge on any atom is 0.416 e. The van der Waals surface area contributed by atoms with Crippen molar-refractivity contribution in [2.45, 2.75) is 48.7 Å². The Hall–Kier alpha value is -3.07. The maximum atomic E-state index is 13.3. The fourth-order valence-electron chi connectivity index (χ4n) is 5.70. The topological polar surface area (TPSA) is 113 Å². The van der Waals surface area contributed by atoms with E-state index in [1.807, 2.05) is 4.90 Å². The van der Waals surface area contributed by atoms with Gasteiger partial charge in [0.15, 0.2) is 5.43 Å². The lowest BCUT2D eigenvalue weighted by Gasteiger charge is -2.44. The molecule has 0 bridgehead atoms. The van der Waals surface area contributed by atoms with Gasteiger partial charge in [-0.2, -0.15) is 13.2 Å². The van der Waals surface area contributed by atoms with Crippen molar-refractivity contribution in [1.29, 1.82) is 0 Å². The Morgan fingerprint density at radius 3 is 2.27 bits per heavy atom. The molecule has 5 rings (SSSR count). The van der Waals surface area contributed by atoms with Crippen LogP contribution in [0.1, 0.15) is 37.7 Å². The predicted octanol–water partition coefficient (Wildman–Crippen LogP) is 4.99. The first-order valence-corrected chi connectivity index (χ1v) is 15.6. The zero-order valence-corrected chi connectivity index (χ0v) is 23.7. The molecule has 1 N–H and O–H groups in total. The van der Waals surface area contributed by atoms with Crippen LogP contribution in [0.25, 0.3) is 10.1 Å². The van der Waals surface area contributed by atoms with Gasteiger partial charge in [0.1, 0.15) is 4.70 Å². The van der Waals surface area contributed by atoms with Crippen molar-refractivity contribution in [1.82, 2.24) is 9.62 Å². The lowest BCUT2D eigenvalue weighted by Crippen LogP contribution is -2.59. The largest absolute Gasteiger partial charge is 0.416 e. The highest BCUT2D eigenvalue weighted by atomic mass is 32.2. The van der Waals surface area contributed by atoms with E-state index < -0.39 is 43.3 Å². The molecule has 1 saturated heterocycles. The summed E-state index contributed by atoms with van der Waals surface area (Å²) in [4.78, 5) is 27.8. The number of hydrogen-bond donors (Lipinski definition) is 1. The average Bonchev–Trinajstić information content (AvgIpc) is 2.93. The molecule has 0 atom stereocenters. The molecular formula is C27H29F3N4O5S2. The van der Waals surface area contributed by atoms with E-state index in [4.69, 9.17) is 0 Å². The normalized spacial score (nSPS) is 18.5. The Balaban J connectivity index is 1.34. The van der Waals surface area contributed by atoms with Gasteiger partial charge in [0.25, 0.3) is 5.69 Å². The number of sulfonamides is 1. The summed E-state index contributed by atoms with van der Waals surface area (Å²) in [6.45, 7) is 2.58. The van der Waals surface area contributed by atoms with Gasteiger partial charge in [-0.25, -0.2) is 13.1 Å². The second-order valence-electron chi connectivity index (χ2n) is 10.6. The summed E-state index contributed by atoms with van der Waals surface area (Å²) in [6.07, 6.45) is -0.519. The van der Waals surface area contributed by atoms with Crippen LogP contribution in [0.3, 0.4) is 0 Å². The molecule has 1 aliphatic heterocycles. The fourth-order valence-corrected chi connectivity index (χ4v) is 8.37. The van der Waals surface area contributed by atoms with Crippen LogP contribution in [-0.2, 0) is 16.2 Å². The second-order valence-corrected chi connectivity index (χ2v) is 13.3. The molecule has 0 amide bonds. The Morgan fingerprint density at radius 2 is 1.66 bits per heavy atom. The van der Waals surface area contributed by atoms with E-state index in [0.717, 1.165) is 43.4 Å². The first kappa shape index (κ1) is 29.4. The van der Waals surface area contributed by atoms with Crippen molar-refractivity contribution in [3.05, 3.63) is 74.4 Å². The summed E-state index contributed by atoms with van der Waals surface area (Å²) in [5, 5.41) is 11.7. The second kappa shape index (κ2) is 11.3. The Bertz CT molecular complexity index is 1600. The van der Waals surface area contributed by atoms with Crippen LogP contribution in [0, 0.1) is 10.1 Å². The van der Waals surface area contributed by atoms with Gasteiger partial charge in [0.2, 0.25) is 10.0 Å². The summed E-state index contributed by atoms with van der Waals surface area (Å²) in [7, 11) is -3.72. The van der Waals surface area contributed by atoms with Gasteiger partial charge in [-0.15, -0.1) is 11.3 Å². The third kappa shape index (κ3) is 6.40. The van der Waals surface area contributed by atoms with Gasteiger partial charge in [-0.1, -0.05) is 37.5 Å². The molecule has 14 heteroatoms. The van der Waals surface area contributed by atoms with Crippen molar-refractivity contribution in [3.63, 3.8) is 0 Å². The van der Waals surface area contributed by atoms with Crippen LogP contribution in [0.2, 0.25) is 0 Å². The Labute approximate surface area is 238 Å². The van der Waals surface area contributed by atoms with Gasteiger partial charge < -0.3 is 4.90 Å². The highest BCUT2D eigenvalue weighted by Gasteiger charge is 2.39. The van der Waals surface area contributed by atoms with Crippen molar-refractivity contribution in [2.75, 3.05) is 37.6 Å². The molecule has 1 aromatic heterocycles. The molecule has 1 saturated carbocycles. The number of non-ortho nitro benzene ring substituents is 1. The number of alkyl halides is 3. The molecule has 2 heterocycles. The molecule has 0 spiro atoms. The molecule has 2 aromatic carbocycles.